The monoisotopic (exact) mass is 667 g/mol. The predicted molar refractivity (Wildman–Crippen MR) is 215 cm³/mol. The summed E-state index contributed by atoms with van der Waals surface area (Å²) in [5.41, 5.74) is 10.2. The van der Waals surface area contributed by atoms with E-state index in [0.717, 1.165) is 50.2 Å². The van der Waals surface area contributed by atoms with Gasteiger partial charge in [0.05, 0.1) is 22.6 Å². The minimum Gasteiger partial charge on any atom is -0.247 e. The second kappa shape index (κ2) is 12.1. The van der Waals surface area contributed by atoms with Crippen LogP contribution in [0.1, 0.15) is 0 Å². The van der Waals surface area contributed by atoms with E-state index < -0.39 is 0 Å². The van der Waals surface area contributed by atoms with Crippen molar-refractivity contribution in [2.75, 3.05) is 0 Å². The number of thiophene rings is 1. The van der Waals surface area contributed by atoms with Gasteiger partial charge >= 0.3 is 0 Å². The van der Waals surface area contributed by atoms with Gasteiger partial charge < -0.3 is 0 Å². The summed E-state index contributed by atoms with van der Waals surface area (Å²) in [6.45, 7) is 0. The molecule has 0 unspecified atom stereocenters. The highest BCUT2D eigenvalue weighted by Gasteiger charge is 2.16. The molecule has 238 valence electrons. The lowest BCUT2D eigenvalue weighted by Gasteiger charge is -2.12. The standard InChI is InChI=1S/C47H29N3S/c1-3-11-30(12-4-1)31-19-21-32(22-20-31)42-29-43(50-47(49-42)35-13-5-2-6-14-35)33-23-25-34(26-24-33)46-40-28-45-39(37-16-8-10-18-44(37)51-45)27-38(40)36-15-7-9-17-41(36)48-46/h1-29H. The Kier molecular flexibility index (Phi) is 7.00. The van der Waals surface area contributed by atoms with E-state index in [2.05, 4.69) is 152 Å². The van der Waals surface area contributed by atoms with Crippen LogP contribution in [-0.2, 0) is 0 Å². The van der Waals surface area contributed by atoms with Gasteiger partial charge in [0, 0.05) is 53.2 Å². The zero-order chi connectivity index (χ0) is 33.7. The molecule has 3 aromatic heterocycles. The van der Waals surface area contributed by atoms with E-state index in [1.165, 1.54) is 42.1 Å². The van der Waals surface area contributed by atoms with Gasteiger partial charge in [-0.25, -0.2) is 15.0 Å². The predicted octanol–water partition coefficient (Wildman–Crippen LogP) is 12.9. The van der Waals surface area contributed by atoms with Crippen LogP contribution in [0.15, 0.2) is 176 Å². The molecule has 0 radical (unpaired) electrons. The summed E-state index contributed by atoms with van der Waals surface area (Å²) in [6.07, 6.45) is 0. The van der Waals surface area contributed by atoms with Crippen molar-refractivity contribution in [3.63, 3.8) is 0 Å². The van der Waals surface area contributed by atoms with E-state index in [9.17, 15) is 0 Å². The van der Waals surface area contributed by atoms with Gasteiger partial charge in [0.25, 0.3) is 0 Å². The van der Waals surface area contributed by atoms with Gasteiger partial charge in [0.1, 0.15) is 0 Å². The zero-order valence-corrected chi connectivity index (χ0v) is 28.3. The van der Waals surface area contributed by atoms with Crippen LogP contribution in [-0.4, -0.2) is 15.0 Å². The lowest BCUT2D eigenvalue weighted by Crippen LogP contribution is -1.96. The van der Waals surface area contributed by atoms with Crippen molar-refractivity contribution in [1.82, 2.24) is 15.0 Å². The van der Waals surface area contributed by atoms with E-state index in [-0.39, 0.29) is 0 Å². The Morgan fingerprint density at radius 3 is 1.57 bits per heavy atom. The second-order valence-corrected chi connectivity index (χ2v) is 13.9. The van der Waals surface area contributed by atoms with Gasteiger partial charge in [-0.3, -0.25) is 0 Å². The third-order valence-corrected chi connectivity index (χ3v) is 10.8. The topological polar surface area (TPSA) is 38.7 Å². The van der Waals surface area contributed by atoms with Crippen LogP contribution < -0.4 is 0 Å². The van der Waals surface area contributed by atoms with E-state index in [0.29, 0.717) is 5.82 Å². The molecule has 0 atom stereocenters. The maximum Gasteiger partial charge on any atom is 0.160 e. The number of nitrogens with zero attached hydrogens (tertiary/aromatic N) is 3. The molecular formula is C47H29N3S. The lowest BCUT2D eigenvalue weighted by molar-refractivity contribution is 1.18. The van der Waals surface area contributed by atoms with Gasteiger partial charge in [0.2, 0.25) is 0 Å². The van der Waals surface area contributed by atoms with Gasteiger partial charge in [-0.15, -0.1) is 11.3 Å². The maximum absolute atomic E-state index is 5.25. The van der Waals surface area contributed by atoms with Gasteiger partial charge in [-0.2, -0.15) is 0 Å². The van der Waals surface area contributed by atoms with Crippen LogP contribution in [0.5, 0.6) is 0 Å². The number of pyridine rings is 1. The van der Waals surface area contributed by atoms with Crippen molar-refractivity contribution in [3.05, 3.63) is 176 Å². The van der Waals surface area contributed by atoms with E-state index >= 15 is 0 Å². The first-order valence-corrected chi connectivity index (χ1v) is 17.9. The average molecular weight is 668 g/mol. The van der Waals surface area contributed by atoms with E-state index in [4.69, 9.17) is 15.0 Å². The van der Waals surface area contributed by atoms with Crippen LogP contribution in [0.2, 0.25) is 0 Å². The van der Waals surface area contributed by atoms with Gasteiger partial charge in [0.15, 0.2) is 5.82 Å². The number of para-hydroxylation sites is 1. The third kappa shape index (κ3) is 5.25. The molecule has 0 aliphatic rings. The van der Waals surface area contributed by atoms with Crippen molar-refractivity contribution >= 4 is 53.2 Å². The van der Waals surface area contributed by atoms with E-state index in [1.54, 1.807) is 0 Å². The van der Waals surface area contributed by atoms with Crippen LogP contribution in [0.4, 0.5) is 0 Å². The third-order valence-electron chi connectivity index (χ3n) is 9.70. The fourth-order valence-corrected chi connectivity index (χ4v) is 8.24. The Morgan fingerprint density at radius 1 is 0.314 bits per heavy atom. The molecule has 10 rings (SSSR count). The largest absolute Gasteiger partial charge is 0.247 e. The first kappa shape index (κ1) is 29.4. The fraction of sp³-hybridized carbons (Fsp3) is 0. The van der Waals surface area contributed by atoms with Crippen LogP contribution >= 0.6 is 11.3 Å². The highest BCUT2D eigenvalue weighted by Crippen LogP contribution is 2.41. The molecule has 3 heterocycles. The molecular weight excluding hydrogens is 639 g/mol. The minimum absolute atomic E-state index is 0.703. The van der Waals surface area contributed by atoms with Crippen LogP contribution in [0, 0.1) is 0 Å². The Hall–Kier alpha value is -6.49. The first-order chi connectivity index (χ1) is 25.2. The number of benzene rings is 7. The molecule has 3 nitrogen and oxygen atoms in total. The number of fused-ring (bicyclic) bond motifs is 6. The minimum atomic E-state index is 0.703. The van der Waals surface area contributed by atoms with Crippen molar-refractivity contribution in [1.29, 1.82) is 0 Å². The maximum atomic E-state index is 5.25. The number of rotatable bonds is 5. The summed E-state index contributed by atoms with van der Waals surface area (Å²) < 4.78 is 2.58. The molecule has 51 heavy (non-hydrogen) atoms. The fourth-order valence-electron chi connectivity index (χ4n) is 7.11. The Bertz CT molecular complexity index is 2880. The lowest BCUT2D eigenvalue weighted by atomic mass is 9.97. The SMILES string of the molecule is c1ccc(-c2ccc(-c3cc(-c4ccc(-c5nc6ccccc6c6cc7c(cc56)sc5ccccc57)cc4)nc(-c4ccccc4)n3)cc2)cc1. The molecule has 0 N–H and O–H groups in total. The quantitative estimate of drug-likeness (QED) is 0.171. The van der Waals surface area contributed by atoms with Crippen molar-refractivity contribution in [2.24, 2.45) is 0 Å². The van der Waals surface area contributed by atoms with Crippen LogP contribution in [0.3, 0.4) is 0 Å². The molecule has 0 spiro atoms. The molecule has 4 heteroatoms. The molecule has 0 aliphatic carbocycles. The second-order valence-electron chi connectivity index (χ2n) is 12.8. The molecule has 10 aromatic rings. The van der Waals surface area contributed by atoms with Crippen molar-refractivity contribution in [3.8, 4) is 56.3 Å². The molecule has 0 bridgehead atoms. The first-order valence-electron chi connectivity index (χ1n) is 17.1. The van der Waals surface area contributed by atoms with Gasteiger partial charge in [-0.1, -0.05) is 146 Å². The Balaban J connectivity index is 1.09. The number of hydrogen-bond acceptors (Lipinski definition) is 4. The van der Waals surface area contributed by atoms with Crippen molar-refractivity contribution < 1.29 is 0 Å². The molecule has 0 saturated heterocycles. The molecule has 0 amide bonds. The summed E-state index contributed by atoms with van der Waals surface area (Å²) in [5, 5.41) is 6.16. The summed E-state index contributed by atoms with van der Waals surface area (Å²) in [7, 11) is 0. The highest BCUT2D eigenvalue weighted by molar-refractivity contribution is 7.25. The number of hydrogen-bond donors (Lipinski definition) is 0. The molecule has 0 fully saturated rings. The van der Waals surface area contributed by atoms with E-state index in [1.807, 2.05) is 35.6 Å². The summed E-state index contributed by atoms with van der Waals surface area (Å²) in [5.74, 6) is 0.703. The zero-order valence-electron chi connectivity index (χ0n) is 27.5. The molecule has 0 saturated carbocycles. The molecule has 7 aromatic carbocycles. The summed E-state index contributed by atoms with van der Waals surface area (Å²) >= 11 is 1.84. The average Bonchev–Trinajstić information content (AvgIpc) is 3.58. The summed E-state index contributed by atoms with van der Waals surface area (Å²) in [4.78, 5) is 15.4. The molecule has 0 aliphatic heterocycles. The Labute approximate surface area is 299 Å². The highest BCUT2D eigenvalue weighted by atomic mass is 32.1. The number of aromatic nitrogens is 3. The van der Waals surface area contributed by atoms with Crippen molar-refractivity contribution in [2.45, 2.75) is 0 Å². The van der Waals surface area contributed by atoms with Crippen LogP contribution in [0.25, 0.3) is 98.1 Å². The normalized spacial score (nSPS) is 11.5. The summed E-state index contributed by atoms with van der Waals surface area (Å²) in [6, 6.07) is 61.9. The smallest absolute Gasteiger partial charge is 0.160 e. The Morgan fingerprint density at radius 2 is 0.863 bits per heavy atom. The van der Waals surface area contributed by atoms with Gasteiger partial charge in [-0.05, 0) is 46.8 Å².